The second-order valence-electron chi connectivity index (χ2n) is 14.6. The number of unbranched alkanes of at least 4 members (excludes halogenated alkanes) is 2. The normalized spacial score (nSPS) is 27.5. The highest BCUT2D eigenvalue weighted by molar-refractivity contribution is 6.62. The molecule has 0 radical (unpaired) electrons. The highest BCUT2D eigenvalue weighted by atomic mass is 16.7. The Morgan fingerprint density at radius 2 is 1.07 bits per heavy atom. The lowest BCUT2D eigenvalue weighted by Gasteiger charge is -2.53. The second-order valence-corrected chi connectivity index (χ2v) is 14.6. The van der Waals surface area contributed by atoms with Crippen LogP contribution in [0, 0.1) is 0 Å². The average Bonchev–Trinajstić information content (AvgIpc) is 3.32. The molecule has 1 aliphatic carbocycles. The summed E-state index contributed by atoms with van der Waals surface area (Å²) in [6, 6.07) is 13.8. The lowest BCUT2D eigenvalue weighted by molar-refractivity contribution is 0.00578. The van der Waals surface area contributed by atoms with Crippen LogP contribution in [0.5, 0.6) is 0 Å². The third-order valence-corrected chi connectivity index (χ3v) is 11.0. The first-order valence-corrected chi connectivity index (χ1v) is 15.8. The van der Waals surface area contributed by atoms with Gasteiger partial charge in [0.25, 0.3) is 0 Å². The van der Waals surface area contributed by atoms with Crippen molar-refractivity contribution < 1.29 is 18.6 Å². The predicted molar refractivity (Wildman–Crippen MR) is 172 cm³/mol. The Balaban J connectivity index is 1.68. The molecule has 2 aromatic carbocycles. The van der Waals surface area contributed by atoms with Gasteiger partial charge in [0.1, 0.15) is 5.60 Å². The summed E-state index contributed by atoms with van der Waals surface area (Å²) in [7, 11) is -0.813. The van der Waals surface area contributed by atoms with E-state index in [1.165, 1.54) is 41.5 Å². The Labute approximate surface area is 249 Å². The number of rotatable bonds is 8. The molecular formula is C35H50B2O4. The largest absolute Gasteiger partial charge is 0.563 e. The number of fused-ring (bicyclic) bond motifs is 3. The van der Waals surface area contributed by atoms with Crippen LogP contribution in [0.15, 0.2) is 48.7 Å². The van der Waals surface area contributed by atoms with Crippen LogP contribution in [-0.4, -0.2) is 31.0 Å². The van der Waals surface area contributed by atoms with Crippen molar-refractivity contribution in [2.24, 2.45) is 0 Å². The van der Waals surface area contributed by atoms with Crippen LogP contribution in [-0.2, 0) is 29.4 Å². The van der Waals surface area contributed by atoms with Crippen LogP contribution in [0.4, 0.5) is 0 Å². The highest BCUT2D eigenvalue weighted by Gasteiger charge is 2.54. The molecule has 41 heavy (non-hydrogen) atoms. The molecular weight excluding hydrogens is 506 g/mol. The molecule has 0 N–H and O–H groups in total. The molecule has 0 aromatic heterocycles. The van der Waals surface area contributed by atoms with Crippen molar-refractivity contribution in [3.63, 3.8) is 0 Å². The quantitative estimate of drug-likeness (QED) is 0.314. The summed E-state index contributed by atoms with van der Waals surface area (Å²) in [4.78, 5) is 0. The standard InChI is InChI=1S/C35H50B2O4/c1-12-14-20-34(10)29-22-25(36-38-24(3)31(4,5)39-36)16-18-27(29)28-19-17-26(23-30(28)35(34,11)21-15-13-2)37-40-32(6,7)33(8,9)41-37/h16-19,22-23H,3,12-15,20-21H2,1-2,4-11H3. The Hall–Kier alpha value is -2.01. The van der Waals surface area contributed by atoms with E-state index in [9.17, 15) is 0 Å². The van der Waals surface area contributed by atoms with E-state index in [0.29, 0.717) is 5.76 Å². The third-order valence-electron chi connectivity index (χ3n) is 11.0. The molecule has 2 atom stereocenters. The Bertz CT molecular complexity index is 1320. The van der Waals surface area contributed by atoms with Crippen molar-refractivity contribution in [1.29, 1.82) is 0 Å². The van der Waals surface area contributed by atoms with Crippen molar-refractivity contribution in [3.05, 3.63) is 59.9 Å². The van der Waals surface area contributed by atoms with Crippen molar-refractivity contribution in [2.75, 3.05) is 0 Å². The van der Waals surface area contributed by atoms with E-state index in [0.717, 1.165) is 30.2 Å². The zero-order valence-corrected chi connectivity index (χ0v) is 27.2. The molecule has 220 valence electrons. The predicted octanol–water partition coefficient (Wildman–Crippen LogP) is 7.60. The zero-order valence-electron chi connectivity index (χ0n) is 27.2. The fourth-order valence-electron chi connectivity index (χ4n) is 7.02. The van der Waals surface area contributed by atoms with E-state index in [1.807, 2.05) is 13.8 Å². The SMILES string of the molecule is C=C1OB(c2ccc3c(c2)C(C)(CCCC)C(C)(CCCC)c2cc(B4OC(C)(C)C(C)(C)O4)ccc2-3)OC1(C)C. The van der Waals surface area contributed by atoms with Crippen LogP contribution < -0.4 is 10.9 Å². The van der Waals surface area contributed by atoms with Gasteiger partial charge in [-0.05, 0) is 87.6 Å². The summed E-state index contributed by atoms with van der Waals surface area (Å²) in [6.45, 7) is 26.3. The average molecular weight is 556 g/mol. The lowest BCUT2D eigenvalue weighted by atomic mass is 9.49. The fraction of sp³-hybridized carbons (Fsp3) is 0.600. The van der Waals surface area contributed by atoms with Crippen molar-refractivity contribution in [1.82, 2.24) is 0 Å². The molecule has 2 aromatic rings. The van der Waals surface area contributed by atoms with Gasteiger partial charge in [-0.25, -0.2) is 0 Å². The van der Waals surface area contributed by atoms with Gasteiger partial charge in [-0.15, -0.1) is 0 Å². The monoisotopic (exact) mass is 556 g/mol. The van der Waals surface area contributed by atoms with Gasteiger partial charge in [0, 0.05) is 10.8 Å². The lowest BCUT2D eigenvalue weighted by Crippen LogP contribution is -2.50. The van der Waals surface area contributed by atoms with Crippen LogP contribution in [0.1, 0.15) is 119 Å². The van der Waals surface area contributed by atoms with Crippen LogP contribution in [0.25, 0.3) is 11.1 Å². The first kappa shape index (κ1) is 30.4. The number of hydrogen-bond acceptors (Lipinski definition) is 4. The van der Waals surface area contributed by atoms with Gasteiger partial charge in [-0.2, -0.15) is 0 Å². The Kier molecular flexibility index (Phi) is 7.66. The molecule has 2 saturated heterocycles. The maximum absolute atomic E-state index is 6.52. The minimum Gasteiger partial charge on any atom is -0.534 e. The smallest absolute Gasteiger partial charge is 0.534 e. The van der Waals surface area contributed by atoms with Crippen LogP contribution >= 0.6 is 0 Å². The number of benzene rings is 2. The maximum Gasteiger partial charge on any atom is 0.563 e. The highest BCUT2D eigenvalue weighted by Crippen LogP contribution is 2.58. The van der Waals surface area contributed by atoms with Gasteiger partial charge in [-0.3, -0.25) is 0 Å². The van der Waals surface area contributed by atoms with Gasteiger partial charge in [0.15, 0.2) is 0 Å². The van der Waals surface area contributed by atoms with Crippen LogP contribution in [0.3, 0.4) is 0 Å². The van der Waals surface area contributed by atoms with E-state index >= 15 is 0 Å². The molecule has 2 unspecified atom stereocenters. The topological polar surface area (TPSA) is 36.9 Å². The van der Waals surface area contributed by atoms with Crippen molar-refractivity contribution in [3.8, 4) is 11.1 Å². The van der Waals surface area contributed by atoms with E-state index in [1.54, 1.807) is 0 Å². The summed E-state index contributed by atoms with van der Waals surface area (Å²) in [5, 5.41) is 0. The minimum atomic E-state index is -0.502. The number of hydrogen-bond donors (Lipinski definition) is 0. The Morgan fingerprint density at radius 1 is 0.634 bits per heavy atom. The van der Waals surface area contributed by atoms with Gasteiger partial charge >= 0.3 is 14.2 Å². The molecule has 0 saturated carbocycles. The molecule has 5 rings (SSSR count). The van der Waals surface area contributed by atoms with Gasteiger partial charge in [0.05, 0.1) is 17.0 Å². The minimum absolute atomic E-state index is 0.0704. The van der Waals surface area contributed by atoms with Gasteiger partial charge < -0.3 is 18.6 Å². The molecule has 0 bridgehead atoms. The van der Waals surface area contributed by atoms with E-state index < -0.39 is 12.7 Å². The summed E-state index contributed by atoms with van der Waals surface area (Å²) in [5.41, 5.74) is 6.23. The molecule has 2 aliphatic heterocycles. The molecule has 2 heterocycles. The molecule has 3 aliphatic rings. The van der Waals surface area contributed by atoms with E-state index in [2.05, 4.69) is 98.4 Å². The van der Waals surface area contributed by atoms with E-state index in [4.69, 9.17) is 18.6 Å². The fourth-order valence-corrected chi connectivity index (χ4v) is 7.02. The summed E-state index contributed by atoms with van der Waals surface area (Å²) >= 11 is 0. The summed E-state index contributed by atoms with van der Waals surface area (Å²) in [6.07, 6.45) is 6.92. The van der Waals surface area contributed by atoms with Crippen molar-refractivity contribution in [2.45, 2.75) is 135 Å². The summed E-state index contributed by atoms with van der Waals surface area (Å²) in [5.74, 6) is 0.683. The molecule has 4 nitrogen and oxygen atoms in total. The van der Waals surface area contributed by atoms with Gasteiger partial charge in [-0.1, -0.05) is 96.4 Å². The van der Waals surface area contributed by atoms with Crippen LogP contribution in [0.2, 0.25) is 0 Å². The second kappa shape index (κ2) is 10.3. The van der Waals surface area contributed by atoms with Crippen molar-refractivity contribution >= 4 is 25.2 Å². The first-order valence-electron chi connectivity index (χ1n) is 15.8. The molecule has 0 amide bonds. The van der Waals surface area contributed by atoms with E-state index in [-0.39, 0.29) is 29.2 Å². The maximum atomic E-state index is 6.52. The molecule has 6 heteroatoms. The Morgan fingerprint density at radius 3 is 1.46 bits per heavy atom. The molecule has 0 spiro atoms. The third kappa shape index (κ3) is 4.82. The first-order chi connectivity index (χ1) is 19.1. The zero-order chi connectivity index (χ0) is 30.0. The summed E-state index contributed by atoms with van der Waals surface area (Å²) < 4.78 is 25.5. The van der Waals surface area contributed by atoms with Gasteiger partial charge in [0.2, 0.25) is 0 Å². The molecule has 2 fully saturated rings.